The van der Waals surface area contributed by atoms with Gasteiger partial charge in [0.05, 0.1) is 10.2 Å². The van der Waals surface area contributed by atoms with Crippen LogP contribution < -0.4 is 10.9 Å². The lowest BCUT2D eigenvalue weighted by atomic mass is 10.1. The molecule has 0 bridgehead atoms. The Morgan fingerprint density at radius 2 is 1.86 bits per heavy atom. The van der Waals surface area contributed by atoms with E-state index in [-0.39, 0.29) is 5.56 Å². The first kappa shape index (κ1) is 18.1. The van der Waals surface area contributed by atoms with E-state index in [1.165, 1.54) is 11.3 Å². The Morgan fingerprint density at radius 3 is 2.61 bits per heavy atom. The van der Waals surface area contributed by atoms with Crippen molar-refractivity contribution in [1.29, 1.82) is 0 Å². The summed E-state index contributed by atoms with van der Waals surface area (Å²) in [5.41, 5.74) is 5.39. The summed E-state index contributed by atoms with van der Waals surface area (Å²) in [6.45, 7) is 6.01. The van der Waals surface area contributed by atoms with E-state index in [0.29, 0.717) is 10.8 Å². The van der Waals surface area contributed by atoms with Gasteiger partial charge in [-0.15, -0.1) is 0 Å². The number of benzene rings is 2. The van der Waals surface area contributed by atoms with Crippen LogP contribution >= 0.6 is 11.3 Å². The van der Waals surface area contributed by atoms with E-state index in [0.717, 1.165) is 32.5 Å². The van der Waals surface area contributed by atoms with Crippen LogP contribution in [-0.2, 0) is 0 Å². The number of aromatic nitrogens is 2. The summed E-state index contributed by atoms with van der Waals surface area (Å²) in [7, 11) is 0. The molecule has 28 heavy (non-hydrogen) atoms. The SMILES string of the molecule is Cc1cccc(-c2ccc(C(=O)Nc3nc4c(C)cc(C)cc4s3)c(=O)[nH]2)c1. The Kier molecular flexibility index (Phi) is 4.57. The fraction of sp³-hybridized carbons (Fsp3) is 0.136. The van der Waals surface area contributed by atoms with Crippen molar-refractivity contribution in [2.75, 3.05) is 5.32 Å². The molecular formula is C22H19N3O2S. The lowest BCUT2D eigenvalue weighted by Gasteiger charge is -2.05. The maximum absolute atomic E-state index is 12.6. The molecule has 1 amide bonds. The van der Waals surface area contributed by atoms with Crippen LogP contribution in [0.3, 0.4) is 0 Å². The molecule has 6 heteroatoms. The normalized spacial score (nSPS) is 11.0. The van der Waals surface area contributed by atoms with Crippen LogP contribution in [0.5, 0.6) is 0 Å². The van der Waals surface area contributed by atoms with Crippen LogP contribution in [0.4, 0.5) is 5.13 Å². The zero-order chi connectivity index (χ0) is 19.8. The second kappa shape index (κ2) is 7.05. The average molecular weight is 389 g/mol. The zero-order valence-electron chi connectivity index (χ0n) is 15.8. The van der Waals surface area contributed by atoms with Crippen molar-refractivity contribution in [3.05, 3.63) is 81.1 Å². The fourth-order valence-electron chi connectivity index (χ4n) is 3.22. The number of thiazole rings is 1. The van der Waals surface area contributed by atoms with Crippen LogP contribution in [0, 0.1) is 20.8 Å². The molecule has 0 fully saturated rings. The minimum absolute atomic E-state index is 0.0589. The number of pyridine rings is 1. The largest absolute Gasteiger partial charge is 0.321 e. The van der Waals surface area contributed by atoms with Crippen LogP contribution in [0.1, 0.15) is 27.0 Å². The molecule has 0 aliphatic rings. The van der Waals surface area contributed by atoms with E-state index < -0.39 is 11.5 Å². The van der Waals surface area contributed by atoms with E-state index >= 15 is 0 Å². The van der Waals surface area contributed by atoms with Crippen LogP contribution in [0.2, 0.25) is 0 Å². The molecule has 5 nitrogen and oxygen atoms in total. The fourth-order valence-corrected chi connectivity index (χ4v) is 4.26. The number of H-pyrrole nitrogens is 1. The predicted molar refractivity (Wildman–Crippen MR) is 114 cm³/mol. The van der Waals surface area contributed by atoms with Gasteiger partial charge in [-0.05, 0) is 61.7 Å². The third-order valence-electron chi connectivity index (χ3n) is 4.53. The summed E-state index contributed by atoms with van der Waals surface area (Å²) in [6.07, 6.45) is 0. The van der Waals surface area contributed by atoms with Crippen molar-refractivity contribution in [2.24, 2.45) is 0 Å². The molecular weight excluding hydrogens is 370 g/mol. The minimum atomic E-state index is -0.467. The number of carbonyl (C=O) groups is 1. The highest BCUT2D eigenvalue weighted by molar-refractivity contribution is 7.22. The van der Waals surface area contributed by atoms with Crippen molar-refractivity contribution in [3.63, 3.8) is 0 Å². The van der Waals surface area contributed by atoms with E-state index in [4.69, 9.17) is 0 Å². The predicted octanol–water partition coefficient (Wildman–Crippen LogP) is 4.83. The van der Waals surface area contributed by atoms with Gasteiger partial charge in [0.1, 0.15) is 5.56 Å². The monoisotopic (exact) mass is 389 g/mol. The van der Waals surface area contributed by atoms with Crippen LogP contribution in [0.15, 0.2) is 53.3 Å². The number of anilines is 1. The Balaban J connectivity index is 1.62. The summed E-state index contributed by atoms with van der Waals surface area (Å²) >= 11 is 1.40. The van der Waals surface area contributed by atoms with Gasteiger partial charge in [-0.1, -0.05) is 41.2 Å². The van der Waals surface area contributed by atoms with Gasteiger partial charge in [-0.25, -0.2) is 4.98 Å². The molecule has 4 aromatic rings. The Labute approximate surface area is 166 Å². The van der Waals surface area contributed by atoms with E-state index in [1.54, 1.807) is 12.1 Å². The molecule has 0 unspecified atom stereocenters. The molecule has 140 valence electrons. The molecule has 0 radical (unpaired) electrons. The number of aryl methyl sites for hydroxylation is 3. The van der Waals surface area contributed by atoms with Gasteiger partial charge in [0.2, 0.25) is 0 Å². The van der Waals surface area contributed by atoms with E-state index in [2.05, 4.69) is 21.4 Å². The molecule has 4 rings (SSSR count). The molecule has 2 aromatic heterocycles. The molecule has 0 spiro atoms. The maximum Gasteiger partial charge on any atom is 0.263 e. The number of fused-ring (bicyclic) bond motifs is 1. The third-order valence-corrected chi connectivity index (χ3v) is 5.45. The lowest BCUT2D eigenvalue weighted by molar-refractivity contribution is 0.102. The highest BCUT2D eigenvalue weighted by Crippen LogP contribution is 2.29. The number of hydrogen-bond donors (Lipinski definition) is 2. The highest BCUT2D eigenvalue weighted by Gasteiger charge is 2.15. The number of amides is 1. The second-order valence-corrected chi connectivity index (χ2v) is 7.92. The summed E-state index contributed by atoms with van der Waals surface area (Å²) in [6, 6.07) is 15.2. The lowest BCUT2D eigenvalue weighted by Crippen LogP contribution is -2.23. The molecule has 0 aliphatic carbocycles. The van der Waals surface area contributed by atoms with Gasteiger partial charge in [0.25, 0.3) is 11.5 Å². The number of carbonyl (C=O) groups excluding carboxylic acids is 1. The van der Waals surface area contributed by atoms with Crippen molar-refractivity contribution < 1.29 is 4.79 Å². The van der Waals surface area contributed by atoms with Crippen molar-refractivity contribution >= 4 is 32.6 Å². The topological polar surface area (TPSA) is 74.8 Å². The second-order valence-electron chi connectivity index (χ2n) is 6.89. The van der Waals surface area contributed by atoms with Gasteiger partial charge in [0, 0.05) is 5.69 Å². The first-order valence-corrected chi connectivity index (χ1v) is 9.72. The third kappa shape index (κ3) is 3.46. The molecule has 0 saturated carbocycles. The first-order chi connectivity index (χ1) is 13.4. The van der Waals surface area contributed by atoms with Gasteiger partial charge >= 0.3 is 0 Å². The summed E-state index contributed by atoms with van der Waals surface area (Å²) in [5, 5.41) is 3.23. The standard InChI is InChI=1S/C22H19N3O2S/c1-12-5-4-6-15(10-12)17-8-7-16(20(26)23-17)21(27)25-22-24-19-14(3)9-13(2)11-18(19)28-22/h4-11H,1-3H3,(H,23,26)(H,24,25,27). The smallest absolute Gasteiger partial charge is 0.263 e. The summed E-state index contributed by atoms with van der Waals surface area (Å²) in [4.78, 5) is 32.4. The molecule has 2 heterocycles. The van der Waals surface area contributed by atoms with Gasteiger partial charge in [-0.3, -0.25) is 14.9 Å². The average Bonchev–Trinajstić information content (AvgIpc) is 3.04. The molecule has 2 N–H and O–H groups in total. The summed E-state index contributed by atoms with van der Waals surface area (Å²) in [5.74, 6) is -0.467. The maximum atomic E-state index is 12.6. The first-order valence-electron chi connectivity index (χ1n) is 8.90. The number of rotatable bonds is 3. The highest BCUT2D eigenvalue weighted by atomic mass is 32.1. The van der Waals surface area contributed by atoms with Crippen LogP contribution in [0.25, 0.3) is 21.5 Å². The number of nitrogens with zero attached hydrogens (tertiary/aromatic N) is 1. The number of aromatic amines is 1. The Morgan fingerprint density at radius 1 is 1.04 bits per heavy atom. The Hall–Kier alpha value is -3.25. The van der Waals surface area contributed by atoms with Gasteiger partial charge in [0.15, 0.2) is 5.13 Å². The molecule has 0 aliphatic heterocycles. The van der Waals surface area contributed by atoms with Crippen LogP contribution in [-0.4, -0.2) is 15.9 Å². The van der Waals surface area contributed by atoms with E-state index in [1.807, 2.05) is 51.1 Å². The quantitative estimate of drug-likeness (QED) is 0.527. The zero-order valence-corrected chi connectivity index (χ0v) is 16.6. The molecule has 0 saturated heterocycles. The Bertz CT molecular complexity index is 1270. The van der Waals surface area contributed by atoms with Crippen molar-refractivity contribution in [1.82, 2.24) is 9.97 Å². The molecule has 2 aromatic carbocycles. The summed E-state index contributed by atoms with van der Waals surface area (Å²) < 4.78 is 1.01. The molecule has 0 atom stereocenters. The van der Waals surface area contributed by atoms with E-state index in [9.17, 15) is 9.59 Å². The number of hydrogen-bond acceptors (Lipinski definition) is 4. The van der Waals surface area contributed by atoms with Crippen molar-refractivity contribution in [2.45, 2.75) is 20.8 Å². The van der Waals surface area contributed by atoms with Gasteiger partial charge < -0.3 is 4.98 Å². The van der Waals surface area contributed by atoms with Gasteiger partial charge in [-0.2, -0.15) is 0 Å². The van der Waals surface area contributed by atoms with Crippen molar-refractivity contribution in [3.8, 4) is 11.3 Å². The number of nitrogens with one attached hydrogen (secondary N) is 2. The minimum Gasteiger partial charge on any atom is -0.321 e.